The highest BCUT2D eigenvalue weighted by Crippen LogP contribution is 2.28. The summed E-state index contributed by atoms with van der Waals surface area (Å²) in [5.74, 6) is -1.59. The molecule has 5 atom stereocenters. The summed E-state index contributed by atoms with van der Waals surface area (Å²) in [7, 11) is 0. The molecule has 0 spiro atoms. The van der Waals surface area contributed by atoms with Gasteiger partial charge in [0, 0.05) is 4.91 Å². The highest BCUT2D eigenvalue weighted by molar-refractivity contribution is 5.90. The molecule has 10 nitrogen and oxygen atoms in total. The van der Waals surface area contributed by atoms with Gasteiger partial charge in [-0.2, -0.15) is 0 Å². The van der Waals surface area contributed by atoms with Crippen LogP contribution in [0, 0.1) is 0 Å². The fourth-order valence-corrected chi connectivity index (χ4v) is 3.05. The maximum Gasteiger partial charge on any atom is 0.338 e. The summed E-state index contributed by atoms with van der Waals surface area (Å²) in [6.45, 7) is -0.626. The van der Waals surface area contributed by atoms with Crippen LogP contribution < -0.4 is 0 Å². The number of benzene rings is 2. The van der Waals surface area contributed by atoms with Gasteiger partial charge in [0.05, 0.1) is 23.8 Å². The summed E-state index contributed by atoms with van der Waals surface area (Å²) < 4.78 is 16.1. The summed E-state index contributed by atoms with van der Waals surface area (Å²) in [6, 6.07) is 14.7. The fraction of sp³-hybridized carbons (Fsp3) is 0.300. The Kier molecular flexibility index (Phi) is 6.99. The predicted molar refractivity (Wildman–Crippen MR) is 102 cm³/mol. The highest BCUT2D eigenvalue weighted by Gasteiger charge is 2.49. The second kappa shape index (κ2) is 9.86. The number of hydrogen-bond donors (Lipinski definition) is 2. The van der Waals surface area contributed by atoms with E-state index in [1.807, 2.05) is 0 Å². The molecule has 0 bridgehead atoms. The second-order valence-corrected chi connectivity index (χ2v) is 6.42. The minimum Gasteiger partial charge on any atom is -0.454 e. The van der Waals surface area contributed by atoms with Crippen LogP contribution in [-0.2, 0) is 14.2 Å². The molecule has 156 valence electrons. The third-order valence-electron chi connectivity index (χ3n) is 4.51. The molecule has 2 aromatic carbocycles. The van der Waals surface area contributed by atoms with Gasteiger partial charge in [-0.3, -0.25) is 0 Å². The molecule has 0 aromatic heterocycles. The summed E-state index contributed by atoms with van der Waals surface area (Å²) in [5.41, 5.74) is 9.32. The molecule has 2 aromatic rings. The molecule has 0 saturated carbocycles. The van der Waals surface area contributed by atoms with Crippen LogP contribution >= 0.6 is 0 Å². The lowest BCUT2D eigenvalue weighted by Crippen LogP contribution is -2.60. The van der Waals surface area contributed by atoms with Gasteiger partial charge in [-0.05, 0) is 29.8 Å². The number of esters is 2. The first-order valence-corrected chi connectivity index (χ1v) is 9.05. The van der Waals surface area contributed by atoms with Crippen molar-refractivity contribution >= 4 is 11.9 Å². The zero-order chi connectivity index (χ0) is 21.5. The van der Waals surface area contributed by atoms with Gasteiger partial charge in [-0.25, -0.2) is 9.59 Å². The number of nitrogens with zero attached hydrogens (tertiary/aromatic N) is 3. The van der Waals surface area contributed by atoms with Crippen molar-refractivity contribution in [3.8, 4) is 0 Å². The Balaban J connectivity index is 1.91. The van der Waals surface area contributed by atoms with Gasteiger partial charge in [0.25, 0.3) is 0 Å². The topological polar surface area (TPSA) is 151 Å². The van der Waals surface area contributed by atoms with Crippen molar-refractivity contribution in [3.05, 3.63) is 82.2 Å². The number of ether oxygens (including phenoxy) is 3. The van der Waals surface area contributed by atoms with E-state index in [2.05, 4.69) is 10.0 Å². The Bertz CT molecular complexity index is 919. The lowest BCUT2D eigenvalue weighted by Gasteiger charge is -2.41. The summed E-state index contributed by atoms with van der Waals surface area (Å²) in [5, 5.41) is 23.5. The maximum atomic E-state index is 12.6. The molecule has 30 heavy (non-hydrogen) atoms. The fourth-order valence-electron chi connectivity index (χ4n) is 3.05. The van der Waals surface area contributed by atoms with Crippen LogP contribution in [0.15, 0.2) is 65.8 Å². The second-order valence-electron chi connectivity index (χ2n) is 6.42. The van der Waals surface area contributed by atoms with Gasteiger partial charge >= 0.3 is 11.9 Å². The molecule has 3 rings (SSSR count). The number of azide groups is 1. The van der Waals surface area contributed by atoms with Crippen LogP contribution in [-0.4, -0.2) is 59.4 Å². The van der Waals surface area contributed by atoms with Gasteiger partial charge in [-0.15, -0.1) is 0 Å². The molecule has 1 aliphatic rings. The quantitative estimate of drug-likeness (QED) is 0.317. The van der Waals surface area contributed by atoms with Crippen molar-refractivity contribution in [3.63, 3.8) is 0 Å². The molecule has 1 fully saturated rings. The molecule has 0 aliphatic carbocycles. The molecule has 0 amide bonds. The van der Waals surface area contributed by atoms with E-state index in [9.17, 15) is 19.8 Å². The number of rotatable bonds is 6. The van der Waals surface area contributed by atoms with Crippen molar-refractivity contribution in [2.45, 2.75) is 30.6 Å². The largest absolute Gasteiger partial charge is 0.454 e. The average Bonchev–Trinajstić information content (AvgIpc) is 2.78. The van der Waals surface area contributed by atoms with E-state index in [0.29, 0.717) is 0 Å². The Hall–Kier alpha value is -3.43. The first-order valence-electron chi connectivity index (χ1n) is 9.05. The number of hydrogen-bond acceptors (Lipinski definition) is 8. The van der Waals surface area contributed by atoms with E-state index in [-0.39, 0.29) is 11.1 Å². The molecular weight excluding hydrogens is 394 g/mol. The predicted octanol–water partition coefficient (Wildman–Crippen LogP) is 1.83. The zero-order valence-corrected chi connectivity index (χ0v) is 15.6. The molecule has 10 heteroatoms. The standard InChI is InChI=1S/C20H19N3O7/c21-23-22-15-14(11-24)28-20(27)17(30-19(26)13-9-5-2-6-10-13)16(15)29-18(25)12-7-3-1-4-8-12/h1-10,14-17,20,24,27H,11H2/t14-,15-,16+,17-,20?/m1/s1. The van der Waals surface area contributed by atoms with Gasteiger partial charge < -0.3 is 24.4 Å². The molecular formula is C20H19N3O7. The Morgan fingerprint density at radius 2 is 1.47 bits per heavy atom. The number of aliphatic hydroxyl groups excluding tert-OH is 2. The third-order valence-corrected chi connectivity index (χ3v) is 4.51. The van der Waals surface area contributed by atoms with Crippen LogP contribution in [0.25, 0.3) is 10.4 Å². The van der Waals surface area contributed by atoms with Crippen LogP contribution in [0.3, 0.4) is 0 Å². The van der Waals surface area contributed by atoms with E-state index < -0.39 is 49.2 Å². The molecule has 1 saturated heterocycles. The first-order chi connectivity index (χ1) is 14.5. The van der Waals surface area contributed by atoms with Gasteiger partial charge in [0.1, 0.15) is 6.04 Å². The Morgan fingerprint density at radius 3 is 1.93 bits per heavy atom. The summed E-state index contributed by atoms with van der Waals surface area (Å²) >= 11 is 0. The Morgan fingerprint density at radius 1 is 0.967 bits per heavy atom. The molecule has 0 radical (unpaired) electrons. The lowest BCUT2D eigenvalue weighted by atomic mass is 9.96. The SMILES string of the molecule is [N-]=[N+]=N[C@H]1[C@H](OC(=O)c2ccccc2)[C@@H](OC(=O)c2ccccc2)C(O)O[C@@H]1CO. The van der Waals surface area contributed by atoms with Gasteiger partial charge in [-0.1, -0.05) is 41.5 Å². The normalized spacial score (nSPS) is 25.6. The monoisotopic (exact) mass is 413 g/mol. The van der Waals surface area contributed by atoms with Crippen LogP contribution in [0.1, 0.15) is 20.7 Å². The van der Waals surface area contributed by atoms with Crippen molar-refractivity contribution in [2.75, 3.05) is 6.61 Å². The van der Waals surface area contributed by atoms with Gasteiger partial charge in [0.15, 0.2) is 18.5 Å². The average molecular weight is 413 g/mol. The smallest absolute Gasteiger partial charge is 0.338 e. The van der Waals surface area contributed by atoms with E-state index in [1.165, 1.54) is 24.3 Å². The minimum absolute atomic E-state index is 0.197. The van der Waals surface area contributed by atoms with Gasteiger partial charge in [0.2, 0.25) is 0 Å². The van der Waals surface area contributed by atoms with Crippen LogP contribution in [0.5, 0.6) is 0 Å². The summed E-state index contributed by atoms with van der Waals surface area (Å²) in [6.07, 6.45) is -5.80. The van der Waals surface area contributed by atoms with E-state index in [1.54, 1.807) is 36.4 Å². The number of carbonyl (C=O) groups excluding carboxylic acids is 2. The van der Waals surface area contributed by atoms with Crippen molar-refractivity contribution in [1.82, 2.24) is 0 Å². The number of carbonyl (C=O) groups is 2. The Labute approximate surface area is 171 Å². The molecule has 1 heterocycles. The molecule has 1 unspecified atom stereocenters. The van der Waals surface area contributed by atoms with Crippen molar-refractivity contribution in [1.29, 1.82) is 0 Å². The molecule has 1 aliphatic heterocycles. The maximum absolute atomic E-state index is 12.6. The van der Waals surface area contributed by atoms with E-state index >= 15 is 0 Å². The summed E-state index contributed by atoms with van der Waals surface area (Å²) in [4.78, 5) is 27.8. The first kappa shape index (κ1) is 21.3. The van der Waals surface area contributed by atoms with Crippen LogP contribution in [0.2, 0.25) is 0 Å². The van der Waals surface area contributed by atoms with Crippen molar-refractivity contribution < 1.29 is 34.0 Å². The molecule has 2 N–H and O–H groups in total. The lowest BCUT2D eigenvalue weighted by molar-refractivity contribution is -0.257. The minimum atomic E-state index is -1.73. The van der Waals surface area contributed by atoms with E-state index in [4.69, 9.17) is 19.7 Å². The van der Waals surface area contributed by atoms with Crippen molar-refractivity contribution in [2.24, 2.45) is 5.11 Å². The van der Waals surface area contributed by atoms with E-state index in [0.717, 1.165) is 0 Å². The number of aliphatic hydroxyl groups is 2. The van der Waals surface area contributed by atoms with Crippen LogP contribution in [0.4, 0.5) is 0 Å². The highest BCUT2D eigenvalue weighted by atomic mass is 16.7. The third kappa shape index (κ3) is 4.76. The zero-order valence-electron chi connectivity index (χ0n) is 15.6.